The van der Waals surface area contributed by atoms with Gasteiger partial charge in [0.15, 0.2) is 0 Å². The average Bonchev–Trinajstić information content (AvgIpc) is 2.48. The summed E-state index contributed by atoms with van der Waals surface area (Å²) in [4.78, 5) is 1.18. The molecule has 0 aliphatic carbocycles. The number of nitriles is 1. The molecule has 0 saturated heterocycles. The van der Waals surface area contributed by atoms with Crippen molar-refractivity contribution >= 4 is 37.4 Å². The maximum Gasteiger partial charge on any atom is 0.0698 e. The third-order valence-corrected chi connectivity index (χ3v) is 4.52. The van der Waals surface area contributed by atoms with Crippen molar-refractivity contribution in [2.75, 3.05) is 0 Å². The summed E-state index contributed by atoms with van der Waals surface area (Å²) >= 11 is 5.23. The van der Waals surface area contributed by atoms with Gasteiger partial charge in [-0.15, -0.1) is 11.3 Å². The lowest BCUT2D eigenvalue weighted by Gasteiger charge is -1.93. The minimum absolute atomic E-state index is 0.512. The predicted octanol–water partition coefficient (Wildman–Crippen LogP) is 4.04. The van der Waals surface area contributed by atoms with Crippen LogP contribution in [0.3, 0.4) is 0 Å². The molecule has 0 N–H and O–H groups in total. The number of hydrogen-bond acceptors (Lipinski definition) is 2. The first-order valence-electron chi connectivity index (χ1n) is 4.27. The summed E-state index contributed by atoms with van der Waals surface area (Å²) in [5.41, 5.74) is 1.24. The van der Waals surface area contributed by atoms with Crippen molar-refractivity contribution in [1.82, 2.24) is 0 Å². The number of fused-ring (bicyclic) bond motifs is 1. The SMILES string of the molecule is Cc1c(CC#N)sc2c(Br)cccc12. The Kier molecular flexibility index (Phi) is 2.58. The van der Waals surface area contributed by atoms with Crippen molar-refractivity contribution in [2.45, 2.75) is 13.3 Å². The molecule has 2 rings (SSSR count). The zero-order valence-corrected chi connectivity index (χ0v) is 10.1. The van der Waals surface area contributed by atoms with Gasteiger partial charge in [-0.05, 0) is 39.9 Å². The average molecular weight is 266 g/mol. The maximum absolute atomic E-state index is 8.68. The van der Waals surface area contributed by atoms with Gasteiger partial charge in [0, 0.05) is 14.0 Å². The Hall–Kier alpha value is -0.850. The number of nitrogens with zero attached hydrogens (tertiary/aromatic N) is 1. The van der Waals surface area contributed by atoms with Gasteiger partial charge in [0.05, 0.1) is 12.5 Å². The van der Waals surface area contributed by atoms with E-state index in [4.69, 9.17) is 5.26 Å². The van der Waals surface area contributed by atoms with Gasteiger partial charge >= 0.3 is 0 Å². The molecule has 2 aromatic rings. The first-order chi connectivity index (χ1) is 6.74. The summed E-state index contributed by atoms with van der Waals surface area (Å²) in [5, 5.41) is 9.94. The molecule has 0 radical (unpaired) electrons. The third-order valence-electron chi connectivity index (χ3n) is 2.25. The van der Waals surface area contributed by atoms with E-state index in [1.165, 1.54) is 20.5 Å². The Bertz CT molecular complexity index is 522. The molecule has 0 unspecified atom stereocenters. The lowest BCUT2D eigenvalue weighted by molar-refractivity contribution is 1.28. The molecule has 1 heterocycles. The smallest absolute Gasteiger partial charge is 0.0698 e. The van der Waals surface area contributed by atoms with E-state index in [-0.39, 0.29) is 0 Å². The number of aryl methyl sites for hydroxylation is 1. The minimum Gasteiger partial charge on any atom is -0.198 e. The second kappa shape index (κ2) is 3.72. The standard InChI is InChI=1S/C11H8BrNS/c1-7-8-3-2-4-9(12)11(8)14-10(7)5-6-13/h2-4H,5H2,1H3. The van der Waals surface area contributed by atoms with Gasteiger partial charge in [-0.25, -0.2) is 0 Å². The molecule has 14 heavy (non-hydrogen) atoms. The van der Waals surface area contributed by atoms with E-state index in [1.807, 2.05) is 12.1 Å². The summed E-state index contributed by atoms with van der Waals surface area (Å²) in [6, 6.07) is 8.37. The summed E-state index contributed by atoms with van der Waals surface area (Å²) < 4.78 is 2.36. The van der Waals surface area contributed by atoms with Gasteiger partial charge in [-0.2, -0.15) is 5.26 Å². The fraction of sp³-hybridized carbons (Fsp3) is 0.182. The van der Waals surface area contributed by atoms with Crippen molar-refractivity contribution in [3.63, 3.8) is 0 Å². The minimum atomic E-state index is 0.512. The number of rotatable bonds is 1. The van der Waals surface area contributed by atoms with E-state index in [1.54, 1.807) is 11.3 Å². The molecule has 1 aromatic carbocycles. The van der Waals surface area contributed by atoms with Crippen molar-refractivity contribution < 1.29 is 0 Å². The van der Waals surface area contributed by atoms with E-state index >= 15 is 0 Å². The van der Waals surface area contributed by atoms with E-state index in [0.717, 1.165) is 4.47 Å². The lowest BCUT2D eigenvalue weighted by Crippen LogP contribution is -1.77. The van der Waals surface area contributed by atoms with Gasteiger partial charge in [-0.3, -0.25) is 0 Å². The molecule has 1 aromatic heterocycles. The van der Waals surface area contributed by atoms with Gasteiger partial charge in [0.2, 0.25) is 0 Å². The zero-order valence-electron chi connectivity index (χ0n) is 7.67. The number of thiophene rings is 1. The molecule has 0 atom stereocenters. The molecule has 0 fully saturated rings. The van der Waals surface area contributed by atoms with Gasteiger partial charge < -0.3 is 0 Å². The number of hydrogen-bond donors (Lipinski definition) is 0. The largest absolute Gasteiger partial charge is 0.198 e. The van der Waals surface area contributed by atoms with Crippen LogP contribution in [0.5, 0.6) is 0 Å². The zero-order chi connectivity index (χ0) is 10.1. The van der Waals surface area contributed by atoms with Crippen LogP contribution in [0.25, 0.3) is 10.1 Å². The van der Waals surface area contributed by atoms with Crippen LogP contribution in [0, 0.1) is 18.3 Å². The summed E-state index contributed by atoms with van der Waals surface area (Å²) in [7, 11) is 0. The monoisotopic (exact) mass is 265 g/mol. The van der Waals surface area contributed by atoms with Crippen molar-refractivity contribution in [2.24, 2.45) is 0 Å². The van der Waals surface area contributed by atoms with E-state index in [2.05, 4.69) is 35.0 Å². The second-order valence-electron chi connectivity index (χ2n) is 3.10. The third kappa shape index (κ3) is 1.45. The Balaban J connectivity index is 2.74. The Morgan fingerprint density at radius 1 is 1.50 bits per heavy atom. The van der Waals surface area contributed by atoms with Crippen LogP contribution in [0.2, 0.25) is 0 Å². The number of benzene rings is 1. The topological polar surface area (TPSA) is 23.8 Å². The Morgan fingerprint density at radius 2 is 2.29 bits per heavy atom. The molecule has 70 valence electrons. The van der Waals surface area contributed by atoms with Crippen LogP contribution in [0.1, 0.15) is 10.4 Å². The van der Waals surface area contributed by atoms with Gasteiger partial charge in [-0.1, -0.05) is 12.1 Å². The quantitative estimate of drug-likeness (QED) is 0.764. The lowest BCUT2D eigenvalue weighted by atomic mass is 10.1. The van der Waals surface area contributed by atoms with Crippen LogP contribution < -0.4 is 0 Å². The second-order valence-corrected chi connectivity index (χ2v) is 5.06. The highest BCUT2D eigenvalue weighted by Gasteiger charge is 2.09. The summed E-state index contributed by atoms with van der Waals surface area (Å²) in [6.45, 7) is 2.08. The molecule has 0 aliphatic heterocycles. The molecule has 3 heteroatoms. The van der Waals surface area contributed by atoms with Crippen molar-refractivity contribution in [3.8, 4) is 6.07 Å². The Labute approximate surface area is 95.1 Å². The normalized spacial score (nSPS) is 10.4. The molecule has 0 amide bonds. The van der Waals surface area contributed by atoms with E-state index in [0.29, 0.717) is 6.42 Å². The van der Waals surface area contributed by atoms with E-state index < -0.39 is 0 Å². The fourth-order valence-corrected chi connectivity index (χ4v) is 3.25. The van der Waals surface area contributed by atoms with Gasteiger partial charge in [0.1, 0.15) is 0 Å². The fourth-order valence-electron chi connectivity index (χ4n) is 1.50. The summed E-state index contributed by atoms with van der Waals surface area (Å²) in [6.07, 6.45) is 0.512. The van der Waals surface area contributed by atoms with Crippen LogP contribution in [-0.2, 0) is 6.42 Å². The maximum atomic E-state index is 8.68. The van der Waals surface area contributed by atoms with Crippen LogP contribution in [0.4, 0.5) is 0 Å². The molecular formula is C11H8BrNS. The highest BCUT2D eigenvalue weighted by molar-refractivity contribution is 9.10. The van der Waals surface area contributed by atoms with E-state index in [9.17, 15) is 0 Å². The first kappa shape index (κ1) is 9.70. The number of halogens is 1. The molecular weight excluding hydrogens is 258 g/mol. The van der Waals surface area contributed by atoms with Gasteiger partial charge in [0.25, 0.3) is 0 Å². The Morgan fingerprint density at radius 3 is 2.93 bits per heavy atom. The molecule has 0 aliphatic rings. The summed E-state index contributed by atoms with van der Waals surface area (Å²) in [5.74, 6) is 0. The molecule has 0 spiro atoms. The highest BCUT2D eigenvalue weighted by atomic mass is 79.9. The highest BCUT2D eigenvalue weighted by Crippen LogP contribution is 2.35. The van der Waals surface area contributed by atoms with Crippen molar-refractivity contribution in [3.05, 3.63) is 33.1 Å². The molecule has 0 saturated carbocycles. The molecule has 1 nitrogen and oxygen atoms in total. The predicted molar refractivity (Wildman–Crippen MR) is 63.6 cm³/mol. The van der Waals surface area contributed by atoms with Crippen molar-refractivity contribution in [1.29, 1.82) is 5.26 Å². The van der Waals surface area contributed by atoms with Crippen LogP contribution in [0.15, 0.2) is 22.7 Å². The molecule has 0 bridgehead atoms. The first-order valence-corrected chi connectivity index (χ1v) is 5.88. The van der Waals surface area contributed by atoms with Crippen LogP contribution in [-0.4, -0.2) is 0 Å². The van der Waals surface area contributed by atoms with Crippen LogP contribution >= 0.6 is 27.3 Å².